The van der Waals surface area contributed by atoms with Crippen LogP contribution < -0.4 is 0 Å². The number of amides is 1. The number of carbonyl (C=O) groups is 2. The number of rotatable bonds is 6. The van der Waals surface area contributed by atoms with Gasteiger partial charge in [-0.2, -0.15) is 0 Å². The Morgan fingerprint density at radius 1 is 1.05 bits per heavy atom. The minimum atomic E-state index is -0.330. The van der Waals surface area contributed by atoms with Crippen LogP contribution in [0.25, 0.3) is 17.0 Å². The Labute approximate surface area is 244 Å². The van der Waals surface area contributed by atoms with Crippen LogP contribution in [0.5, 0.6) is 0 Å². The molecule has 0 N–H and O–H groups in total. The van der Waals surface area contributed by atoms with E-state index in [2.05, 4.69) is 19.1 Å². The molecule has 3 atom stereocenters. The van der Waals surface area contributed by atoms with E-state index in [1.807, 2.05) is 39.8 Å². The van der Waals surface area contributed by atoms with E-state index in [-0.39, 0.29) is 29.7 Å². The number of methoxy groups -OCH3 is 1. The zero-order valence-corrected chi connectivity index (χ0v) is 24.1. The first-order chi connectivity index (χ1) is 20.4. The SMILES string of the molecule is COC(=O)C1CC[C@H](Cc2ccc(-c3cn4c(C5CC5)cc(C(=O)N5CCc6ccccc6C5C)nc4n3)c(F)c2)C1. The highest BCUT2D eigenvalue weighted by Crippen LogP contribution is 2.41. The quantitative estimate of drug-likeness (QED) is 0.256. The topological polar surface area (TPSA) is 76.8 Å². The van der Waals surface area contributed by atoms with Crippen LogP contribution >= 0.6 is 0 Å². The summed E-state index contributed by atoms with van der Waals surface area (Å²) >= 11 is 0. The zero-order chi connectivity index (χ0) is 29.0. The molecule has 1 amide bonds. The van der Waals surface area contributed by atoms with Gasteiger partial charge < -0.3 is 9.64 Å². The molecule has 3 heterocycles. The smallest absolute Gasteiger partial charge is 0.308 e. The molecular formula is C34H35FN4O3. The Morgan fingerprint density at radius 2 is 1.88 bits per heavy atom. The van der Waals surface area contributed by atoms with Gasteiger partial charge in [-0.05, 0) is 98.6 Å². The second-order valence-electron chi connectivity index (χ2n) is 12.2. The molecule has 2 fully saturated rings. The van der Waals surface area contributed by atoms with Crippen LogP contribution in [0.4, 0.5) is 4.39 Å². The van der Waals surface area contributed by atoms with Crippen LogP contribution in [0.2, 0.25) is 0 Å². The summed E-state index contributed by atoms with van der Waals surface area (Å²) < 4.78 is 22.3. The first kappa shape index (κ1) is 26.8. The van der Waals surface area contributed by atoms with Crippen molar-refractivity contribution in [1.82, 2.24) is 19.3 Å². The van der Waals surface area contributed by atoms with Gasteiger partial charge in [-0.1, -0.05) is 30.3 Å². The number of halogens is 1. The van der Waals surface area contributed by atoms with Gasteiger partial charge in [0, 0.05) is 24.0 Å². The second-order valence-corrected chi connectivity index (χ2v) is 12.2. The van der Waals surface area contributed by atoms with E-state index in [9.17, 15) is 9.59 Å². The predicted octanol–water partition coefficient (Wildman–Crippen LogP) is 6.30. The standard InChI is InChI=1S/C34H35FN4O3/c1-20-26-6-4-3-5-23(26)13-14-38(20)32(40)29-18-31(24-10-11-24)39-19-30(37-34(39)36-29)27-12-8-22(17-28(27)35)15-21-7-9-25(16-21)33(41)42-2/h3-6,8,12,17-21,24-25H,7,9-11,13-16H2,1-2H3/t20?,21-,25?/m1/s1. The van der Waals surface area contributed by atoms with Crippen LogP contribution in [0.15, 0.2) is 54.7 Å². The highest BCUT2D eigenvalue weighted by molar-refractivity contribution is 5.93. The van der Waals surface area contributed by atoms with E-state index in [0.717, 1.165) is 56.2 Å². The molecule has 1 aliphatic heterocycles. The van der Waals surface area contributed by atoms with Crippen LogP contribution in [-0.4, -0.2) is 44.8 Å². The molecule has 7 nitrogen and oxygen atoms in total. The number of fused-ring (bicyclic) bond motifs is 2. The Bertz CT molecular complexity index is 1690. The molecule has 7 rings (SSSR count). The lowest BCUT2D eigenvalue weighted by Crippen LogP contribution is -2.39. The molecule has 4 aromatic rings. The summed E-state index contributed by atoms with van der Waals surface area (Å²) in [6.45, 7) is 2.71. The van der Waals surface area contributed by atoms with Crippen molar-refractivity contribution in [3.8, 4) is 11.3 Å². The monoisotopic (exact) mass is 566 g/mol. The molecule has 2 aromatic carbocycles. The van der Waals surface area contributed by atoms with Crippen LogP contribution in [-0.2, 0) is 22.4 Å². The largest absolute Gasteiger partial charge is 0.469 e. The van der Waals surface area contributed by atoms with Gasteiger partial charge in [-0.3, -0.25) is 14.0 Å². The Morgan fingerprint density at radius 3 is 2.67 bits per heavy atom. The summed E-state index contributed by atoms with van der Waals surface area (Å²) in [6, 6.07) is 15.5. The number of esters is 1. The van der Waals surface area contributed by atoms with Gasteiger partial charge in [0.1, 0.15) is 11.5 Å². The number of ether oxygens (including phenoxy) is 1. The average molecular weight is 567 g/mol. The maximum atomic E-state index is 15.5. The van der Waals surface area contributed by atoms with Gasteiger partial charge in [0.25, 0.3) is 5.91 Å². The van der Waals surface area contributed by atoms with E-state index < -0.39 is 0 Å². The third-order valence-corrected chi connectivity index (χ3v) is 9.45. The highest BCUT2D eigenvalue weighted by atomic mass is 19.1. The summed E-state index contributed by atoms with van der Waals surface area (Å²) in [6.07, 6.45) is 8.04. The van der Waals surface area contributed by atoms with Crippen LogP contribution in [0, 0.1) is 17.7 Å². The second kappa shape index (κ2) is 10.6. The molecule has 8 heteroatoms. The minimum absolute atomic E-state index is 0.0386. The molecular weight excluding hydrogens is 531 g/mol. The van der Waals surface area contributed by atoms with E-state index in [1.165, 1.54) is 18.2 Å². The third-order valence-electron chi connectivity index (χ3n) is 9.45. The van der Waals surface area contributed by atoms with E-state index in [1.54, 1.807) is 12.1 Å². The Kier molecular flexibility index (Phi) is 6.79. The number of nitrogens with zero attached hydrogens (tertiary/aromatic N) is 4. The van der Waals surface area contributed by atoms with Crippen molar-refractivity contribution in [2.75, 3.05) is 13.7 Å². The average Bonchev–Trinajstić information content (AvgIpc) is 3.59. The van der Waals surface area contributed by atoms with Gasteiger partial charge in [0.2, 0.25) is 5.78 Å². The fourth-order valence-electron chi connectivity index (χ4n) is 6.99. The molecule has 2 aromatic heterocycles. The van der Waals surface area contributed by atoms with Crippen molar-refractivity contribution >= 4 is 17.7 Å². The summed E-state index contributed by atoms with van der Waals surface area (Å²) in [5.74, 6) is 0.479. The summed E-state index contributed by atoms with van der Waals surface area (Å²) in [4.78, 5) is 37.0. The Hall–Kier alpha value is -4.07. The minimum Gasteiger partial charge on any atom is -0.469 e. The van der Waals surface area contributed by atoms with Crippen molar-refractivity contribution in [2.45, 2.75) is 63.8 Å². The highest BCUT2D eigenvalue weighted by Gasteiger charge is 2.33. The van der Waals surface area contributed by atoms with Crippen molar-refractivity contribution in [2.24, 2.45) is 11.8 Å². The van der Waals surface area contributed by atoms with E-state index in [4.69, 9.17) is 14.7 Å². The number of hydrogen-bond acceptors (Lipinski definition) is 5. The number of carbonyl (C=O) groups excluding carboxylic acids is 2. The molecule has 0 spiro atoms. The molecule has 2 saturated carbocycles. The number of imidazole rings is 1. The fourth-order valence-corrected chi connectivity index (χ4v) is 6.99. The molecule has 0 saturated heterocycles. The molecule has 0 bridgehead atoms. The lowest BCUT2D eigenvalue weighted by atomic mass is 9.93. The first-order valence-corrected chi connectivity index (χ1v) is 15.0. The van der Waals surface area contributed by atoms with Crippen LogP contribution in [0.1, 0.15) is 83.9 Å². The van der Waals surface area contributed by atoms with Crippen molar-refractivity contribution < 1.29 is 18.7 Å². The van der Waals surface area contributed by atoms with Crippen molar-refractivity contribution in [3.63, 3.8) is 0 Å². The summed E-state index contributed by atoms with van der Waals surface area (Å²) in [7, 11) is 1.43. The van der Waals surface area contributed by atoms with E-state index in [0.29, 0.717) is 41.1 Å². The lowest BCUT2D eigenvalue weighted by molar-refractivity contribution is -0.145. The molecule has 0 radical (unpaired) electrons. The van der Waals surface area contributed by atoms with Gasteiger partial charge >= 0.3 is 5.97 Å². The number of hydrogen-bond donors (Lipinski definition) is 0. The first-order valence-electron chi connectivity index (χ1n) is 15.0. The third kappa shape index (κ3) is 4.86. The predicted molar refractivity (Wildman–Crippen MR) is 157 cm³/mol. The number of benzene rings is 2. The summed E-state index contributed by atoms with van der Waals surface area (Å²) in [5, 5.41) is 0. The summed E-state index contributed by atoms with van der Waals surface area (Å²) in [5.41, 5.74) is 5.70. The van der Waals surface area contributed by atoms with Crippen LogP contribution in [0.3, 0.4) is 0 Å². The van der Waals surface area contributed by atoms with Crippen molar-refractivity contribution in [1.29, 1.82) is 0 Å². The lowest BCUT2D eigenvalue weighted by Gasteiger charge is -2.35. The molecule has 2 aliphatic carbocycles. The van der Waals surface area contributed by atoms with Gasteiger partial charge in [0.05, 0.1) is 24.8 Å². The van der Waals surface area contributed by atoms with Gasteiger partial charge in [-0.25, -0.2) is 14.4 Å². The van der Waals surface area contributed by atoms with Crippen molar-refractivity contribution in [3.05, 3.63) is 88.6 Å². The maximum absolute atomic E-state index is 15.5. The number of aromatic nitrogens is 3. The molecule has 42 heavy (non-hydrogen) atoms. The zero-order valence-electron chi connectivity index (χ0n) is 24.1. The van der Waals surface area contributed by atoms with Gasteiger partial charge in [0.15, 0.2) is 0 Å². The molecule has 3 aliphatic rings. The fraction of sp³-hybridized carbons (Fsp3) is 0.412. The molecule has 216 valence electrons. The normalized spacial score (nSPS) is 21.9. The maximum Gasteiger partial charge on any atom is 0.308 e. The Balaban J connectivity index is 1.15. The van der Waals surface area contributed by atoms with Gasteiger partial charge in [-0.15, -0.1) is 0 Å². The molecule has 2 unspecified atom stereocenters. The van der Waals surface area contributed by atoms with E-state index >= 15 is 4.39 Å².